The first kappa shape index (κ1) is 12.1. The lowest BCUT2D eigenvalue weighted by atomic mass is 10.0. The molecule has 1 aliphatic rings. The molecule has 1 saturated heterocycles. The fourth-order valence-electron chi connectivity index (χ4n) is 1.67. The number of amides is 1. The molecule has 0 bridgehead atoms. The number of alkyl carbamates (subject to hydrolysis) is 1. The Bertz CT molecular complexity index is 236. The minimum Gasteiger partial charge on any atom is -0.449 e. The number of carbonyl (C=O) groups is 1. The van der Waals surface area contributed by atoms with Crippen LogP contribution in [0.1, 0.15) is 46.0 Å². The van der Waals surface area contributed by atoms with E-state index in [9.17, 15) is 4.79 Å². The van der Waals surface area contributed by atoms with Gasteiger partial charge in [0.25, 0.3) is 0 Å². The lowest BCUT2D eigenvalue weighted by Gasteiger charge is -2.10. The maximum atomic E-state index is 11.2. The average Bonchev–Trinajstić information content (AvgIpc) is 2.36. The molecule has 0 radical (unpaired) electrons. The molecule has 0 aromatic heterocycles. The van der Waals surface area contributed by atoms with Gasteiger partial charge < -0.3 is 4.74 Å². The summed E-state index contributed by atoms with van der Waals surface area (Å²) in [6, 6.07) is 0. The van der Waals surface area contributed by atoms with Crippen LogP contribution in [0.5, 0.6) is 0 Å². The van der Waals surface area contributed by atoms with E-state index in [0.717, 1.165) is 18.5 Å². The second-order valence-electron chi connectivity index (χ2n) is 4.11. The van der Waals surface area contributed by atoms with Crippen LogP contribution in [-0.2, 0) is 4.74 Å². The predicted molar refractivity (Wildman–Crippen MR) is 60.5 cm³/mol. The molecule has 1 N–H and O–H groups in total. The van der Waals surface area contributed by atoms with Gasteiger partial charge in [-0.05, 0) is 25.2 Å². The van der Waals surface area contributed by atoms with E-state index in [1.165, 1.54) is 19.3 Å². The number of ether oxygens (including phenoxy) is 1. The van der Waals surface area contributed by atoms with Crippen molar-refractivity contribution in [1.82, 2.24) is 5.32 Å². The highest BCUT2D eigenvalue weighted by molar-refractivity contribution is 5.69. The lowest BCUT2D eigenvalue weighted by molar-refractivity contribution is 0.152. The third-order valence-electron chi connectivity index (χ3n) is 2.73. The summed E-state index contributed by atoms with van der Waals surface area (Å²) in [6.07, 6.45) is 7.49. The van der Waals surface area contributed by atoms with E-state index in [0.29, 0.717) is 12.5 Å². The van der Waals surface area contributed by atoms with Crippen molar-refractivity contribution >= 4 is 6.09 Å². The Labute approximate surface area is 91.9 Å². The third-order valence-corrected chi connectivity index (χ3v) is 2.73. The van der Waals surface area contributed by atoms with Crippen LogP contribution in [0.25, 0.3) is 0 Å². The van der Waals surface area contributed by atoms with Crippen LogP contribution in [0.2, 0.25) is 0 Å². The molecule has 1 aliphatic heterocycles. The van der Waals surface area contributed by atoms with Gasteiger partial charge in [0, 0.05) is 5.70 Å². The number of cyclic esters (lactones) is 1. The molecule has 1 unspecified atom stereocenters. The van der Waals surface area contributed by atoms with Gasteiger partial charge in [-0.1, -0.05) is 32.8 Å². The summed E-state index contributed by atoms with van der Waals surface area (Å²) < 4.78 is 4.94. The van der Waals surface area contributed by atoms with Gasteiger partial charge in [0.2, 0.25) is 0 Å². The SMILES string of the molecule is CCCCC/C=C1\NC(=O)OCCC1C. The smallest absolute Gasteiger partial charge is 0.411 e. The summed E-state index contributed by atoms with van der Waals surface area (Å²) in [6.45, 7) is 4.84. The molecule has 1 rings (SSSR count). The average molecular weight is 211 g/mol. The summed E-state index contributed by atoms with van der Waals surface area (Å²) in [5.41, 5.74) is 1.04. The Kier molecular flexibility index (Phi) is 5.22. The molecule has 1 fully saturated rings. The summed E-state index contributed by atoms with van der Waals surface area (Å²) in [5.74, 6) is 0.401. The fourth-order valence-corrected chi connectivity index (χ4v) is 1.67. The van der Waals surface area contributed by atoms with Crippen LogP contribution in [0.3, 0.4) is 0 Å². The molecule has 86 valence electrons. The van der Waals surface area contributed by atoms with Crippen LogP contribution in [-0.4, -0.2) is 12.7 Å². The molecule has 0 saturated carbocycles. The Morgan fingerprint density at radius 1 is 1.53 bits per heavy atom. The molecule has 0 aliphatic carbocycles. The highest BCUT2D eigenvalue weighted by Gasteiger charge is 2.17. The standard InChI is InChI=1S/C12H21NO2/c1-3-4-5-6-7-11-10(2)8-9-15-12(14)13-11/h7,10H,3-6,8-9H2,1-2H3,(H,13,14)/b11-7-. The lowest BCUT2D eigenvalue weighted by Crippen LogP contribution is -2.22. The quantitative estimate of drug-likeness (QED) is 0.725. The van der Waals surface area contributed by atoms with Gasteiger partial charge in [-0.2, -0.15) is 0 Å². The Balaban J connectivity index is 2.44. The first-order chi connectivity index (χ1) is 7.24. The maximum absolute atomic E-state index is 11.2. The number of carbonyl (C=O) groups excluding carboxylic acids is 1. The number of hydrogen-bond acceptors (Lipinski definition) is 2. The van der Waals surface area contributed by atoms with Gasteiger partial charge in [0.15, 0.2) is 0 Å². The topological polar surface area (TPSA) is 38.3 Å². The zero-order chi connectivity index (χ0) is 11.1. The van der Waals surface area contributed by atoms with Crippen molar-refractivity contribution in [2.45, 2.75) is 46.0 Å². The van der Waals surface area contributed by atoms with Crippen LogP contribution >= 0.6 is 0 Å². The minimum atomic E-state index is -0.305. The van der Waals surface area contributed by atoms with Gasteiger partial charge in [-0.3, -0.25) is 5.32 Å². The van der Waals surface area contributed by atoms with Crippen molar-refractivity contribution in [3.8, 4) is 0 Å². The Hall–Kier alpha value is -0.990. The van der Waals surface area contributed by atoms with E-state index < -0.39 is 0 Å². The summed E-state index contributed by atoms with van der Waals surface area (Å²) in [4.78, 5) is 11.2. The van der Waals surface area contributed by atoms with E-state index in [2.05, 4.69) is 25.2 Å². The summed E-state index contributed by atoms with van der Waals surface area (Å²) in [5, 5.41) is 2.81. The molecular formula is C12H21NO2. The predicted octanol–water partition coefficient (Wildman–Crippen LogP) is 3.22. The van der Waals surface area contributed by atoms with Gasteiger partial charge in [0.1, 0.15) is 0 Å². The molecular weight excluding hydrogens is 190 g/mol. The van der Waals surface area contributed by atoms with Crippen molar-refractivity contribution in [3.63, 3.8) is 0 Å². The summed E-state index contributed by atoms with van der Waals surface area (Å²) >= 11 is 0. The first-order valence-corrected chi connectivity index (χ1v) is 5.88. The van der Waals surface area contributed by atoms with Crippen LogP contribution in [0, 0.1) is 5.92 Å². The van der Waals surface area contributed by atoms with Crippen molar-refractivity contribution in [2.75, 3.05) is 6.61 Å². The molecule has 15 heavy (non-hydrogen) atoms. The van der Waals surface area contributed by atoms with Gasteiger partial charge in [0.05, 0.1) is 6.61 Å². The molecule has 0 aromatic rings. The van der Waals surface area contributed by atoms with Crippen LogP contribution in [0.4, 0.5) is 4.79 Å². The second kappa shape index (κ2) is 6.49. The zero-order valence-electron chi connectivity index (χ0n) is 9.71. The van der Waals surface area contributed by atoms with Gasteiger partial charge >= 0.3 is 6.09 Å². The van der Waals surface area contributed by atoms with E-state index in [1.54, 1.807) is 0 Å². The Morgan fingerprint density at radius 3 is 3.07 bits per heavy atom. The van der Waals surface area contributed by atoms with Gasteiger partial charge in [-0.25, -0.2) is 4.79 Å². The largest absolute Gasteiger partial charge is 0.449 e. The normalized spacial score (nSPS) is 24.5. The molecule has 0 aromatic carbocycles. The van der Waals surface area contributed by atoms with Crippen molar-refractivity contribution in [3.05, 3.63) is 11.8 Å². The molecule has 1 heterocycles. The molecule has 3 heteroatoms. The number of allylic oxidation sites excluding steroid dienone is 2. The van der Waals surface area contributed by atoms with E-state index in [1.807, 2.05) is 0 Å². The highest BCUT2D eigenvalue weighted by atomic mass is 16.5. The molecule has 3 nitrogen and oxygen atoms in total. The number of rotatable bonds is 4. The second-order valence-corrected chi connectivity index (χ2v) is 4.11. The number of hydrogen-bond donors (Lipinski definition) is 1. The zero-order valence-corrected chi connectivity index (χ0v) is 9.71. The van der Waals surface area contributed by atoms with Crippen molar-refractivity contribution in [1.29, 1.82) is 0 Å². The minimum absolute atomic E-state index is 0.305. The fraction of sp³-hybridized carbons (Fsp3) is 0.750. The Morgan fingerprint density at radius 2 is 2.33 bits per heavy atom. The van der Waals surface area contributed by atoms with Gasteiger partial charge in [-0.15, -0.1) is 0 Å². The number of nitrogens with one attached hydrogen (secondary N) is 1. The third kappa shape index (κ3) is 4.36. The number of unbranched alkanes of at least 4 members (excludes halogenated alkanes) is 3. The molecule has 1 atom stereocenters. The van der Waals surface area contributed by atoms with Crippen LogP contribution < -0.4 is 5.32 Å². The van der Waals surface area contributed by atoms with Crippen LogP contribution in [0.15, 0.2) is 11.8 Å². The van der Waals surface area contributed by atoms with E-state index >= 15 is 0 Å². The molecule has 1 amide bonds. The highest BCUT2D eigenvalue weighted by Crippen LogP contribution is 2.17. The monoisotopic (exact) mass is 211 g/mol. The maximum Gasteiger partial charge on any atom is 0.411 e. The first-order valence-electron chi connectivity index (χ1n) is 5.88. The summed E-state index contributed by atoms with van der Waals surface area (Å²) in [7, 11) is 0. The van der Waals surface area contributed by atoms with Crippen molar-refractivity contribution < 1.29 is 9.53 Å². The molecule has 0 spiro atoms. The van der Waals surface area contributed by atoms with E-state index in [4.69, 9.17) is 4.74 Å². The van der Waals surface area contributed by atoms with E-state index in [-0.39, 0.29) is 6.09 Å². The van der Waals surface area contributed by atoms with Crippen molar-refractivity contribution in [2.24, 2.45) is 5.92 Å².